The van der Waals surface area contributed by atoms with Crippen LogP contribution in [0.2, 0.25) is 0 Å². The first-order valence-electron chi connectivity index (χ1n) is 8.20. The number of hydrogen-bond donors (Lipinski definition) is 2. The smallest absolute Gasteiger partial charge is 0.191 e. The lowest BCUT2D eigenvalue weighted by molar-refractivity contribution is 0.570. The van der Waals surface area contributed by atoms with Crippen molar-refractivity contribution in [2.45, 2.75) is 46.2 Å². The number of aliphatic imine (C=N–C) groups is 1. The third-order valence-corrected chi connectivity index (χ3v) is 4.34. The van der Waals surface area contributed by atoms with Gasteiger partial charge in [-0.25, -0.2) is 18.8 Å². The molecule has 0 fully saturated rings. The molecule has 0 unspecified atom stereocenters. The molecule has 0 saturated carbocycles. The van der Waals surface area contributed by atoms with Crippen molar-refractivity contribution in [2.24, 2.45) is 4.99 Å². The monoisotopic (exact) mass is 494 g/mol. The molecule has 8 heteroatoms. The van der Waals surface area contributed by atoms with Gasteiger partial charge in [-0.1, -0.05) is 20.8 Å². The molecule has 0 aliphatic carbocycles. The minimum Gasteiger partial charge on any atom is -0.357 e. The molecule has 0 saturated heterocycles. The van der Waals surface area contributed by atoms with E-state index in [2.05, 4.69) is 46.8 Å². The second kappa shape index (κ2) is 10.1. The SMILES string of the molecule is CCNC(=NCc1cc(F)ccc1F)NCc1nc(C(C)(C)C)cs1.I. The lowest BCUT2D eigenvalue weighted by atomic mass is 9.93. The molecule has 144 valence electrons. The van der Waals surface area contributed by atoms with Crippen LogP contribution in [0.25, 0.3) is 0 Å². The molecule has 0 radical (unpaired) electrons. The fraction of sp³-hybridized carbons (Fsp3) is 0.444. The number of thiazole rings is 1. The van der Waals surface area contributed by atoms with Gasteiger partial charge in [0.15, 0.2) is 5.96 Å². The molecule has 2 N–H and O–H groups in total. The van der Waals surface area contributed by atoms with Crippen molar-refractivity contribution in [3.8, 4) is 0 Å². The Labute approximate surface area is 174 Å². The Kier molecular flexibility index (Phi) is 8.88. The maximum absolute atomic E-state index is 13.7. The van der Waals surface area contributed by atoms with E-state index < -0.39 is 11.6 Å². The highest BCUT2D eigenvalue weighted by atomic mass is 127. The Hall–Kier alpha value is -1.29. The summed E-state index contributed by atoms with van der Waals surface area (Å²) in [5, 5.41) is 9.28. The van der Waals surface area contributed by atoms with Gasteiger partial charge < -0.3 is 10.6 Å². The van der Waals surface area contributed by atoms with E-state index in [1.54, 1.807) is 11.3 Å². The summed E-state index contributed by atoms with van der Waals surface area (Å²) in [6.07, 6.45) is 0. The van der Waals surface area contributed by atoms with Crippen LogP contribution in [0.1, 0.15) is 44.0 Å². The Bertz CT molecular complexity index is 741. The average Bonchev–Trinajstić information content (AvgIpc) is 3.02. The van der Waals surface area contributed by atoms with Crippen LogP contribution >= 0.6 is 35.3 Å². The molecule has 1 heterocycles. The molecule has 26 heavy (non-hydrogen) atoms. The van der Waals surface area contributed by atoms with Crippen LogP contribution in [0.4, 0.5) is 8.78 Å². The molecule has 0 aliphatic rings. The van der Waals surface area contributed by atoms with E-state index >= 15 is 0 Å². The largest absolute Gasteiger partial charge is 0.357 e. The van der Waals surface area contributed by atoms with Crippen LogP contribution in [0.15, 0.2) is 28.6 Å². The summed E-state index contributed by atoms with van der Waals surface area (Å²) in [6.45, 7) is 9.57. The van der Waals surface area contributed by atoms with Gasteiger partial charge in [0.25, 0.3) is 0 Å². The fourth-order valence-electron chi connectivity index (χ4n) is 2.07. The summed E-state index contributed by atoms with van der Waals surface area (Å²) >= 11 is 1.59. The fourth-order valence-corrected chi connectivity index (χ4v) is 3.03. The number of halogens is 3. The molecular weight excluding hydrogens is 469 g/mol. The highest BCUT2D eigenvalue weighted by Crippen LogP contribution is 2.23. The number of rotatable bonds is 5. The highest BCUT2D eigenvalue weighted by Gasteiger charge is 2.17. The third-order valence-electron chi connectivity index (χ3n) is 3.49. The lowest BCUT2D eigenvalue weighted by Crippen LogP contribution is -2.36. The summed E-state index contributed by atoms with van der Waals surface area (Å²) in [5.74, 6) is -0.392. The number of guanidine groups is 1. The first kappa shape index (κ1) is 22.8. The van der Waals surface area contributed by atoms with Gasteiger partial charge in [0.2, 0.25) is 0 Å². The normalized spacial score (nSPS) is 11.8. The topological polar surface area (TPSA) is 49.3 Å². The van der Waals surface area contributed by atoms with E-state index in [1.165, 1.54) is 6.07 Å². The number of nitrogens with one attached hydrogen (secondary N) is 2. The maximum Gasteiger partial charge on any atom is 0.191 e. The van der Waals surface area contributed by atoms with Gasteiger partial charge in [-0.2, -0.15) is 0 Å². The first-order valence-corrected chi connectivity index (χ1v) is 9.08. The van der Waals surface area contributed by atoms with E-state index in [1.807, 2.05) is 6.92 Å². The maximum atomic E-state index is 13.7. The number of aromatic nitrogens is 1. The Morgan fingerprint density at radius 1 is 1.23 bits per heavy atom. The molecule has 0 atom stereocenters. The van der Waals surface area contributed by atoms with E-state index in [0.717, 1.165) is 22.8 Å². The highest BCUT2D eigenvalue weighted by molar-refractivity contribution is 14.0. The lowest BCUT2D eigenvalue weighted by Gasteiger charge is -2.14. The quantitative estimate of drug-likeness (QED) is 0.363. The van der Waals surface area contributed by atoms with Crippen LogP contribution in [0.3, 0.4) is 0 Å². The first-order chi connectivity index (χ1) is 11.8. The van der Waals surface area contributed by atoms with Gasteiger partial charge in [-0.3, -0.25) is 0 Å². The van der Waals surface area contributed by atoms with Crippen molar-refractivity contribution in [1.82, 2.24) is 15.6 Å². The van der Waals surface area contributed by atoms with E-state index in [4.69, 9.17) is 0 Å². The zero-order chi connectivity index (χ0) is 18.4. The number of nitrogens with zero attached hydrogens (tertiary/aromatic N) is 2. The Balaban J connectivity index is 0.00000338. The van der Waals surface area contributed by atoms with E-state index in [-0.39, 0.29) is 41.5 Å². The zero-order valence-electron chi connectivity index (χ0n) is 15.4. The molecule has 0 aliphatic heterocycles. The van der Waals surface area contributed by atoms with Crippen LogP contribution in [0.5, 0.6) is 0 Å². The van der Waals surface area contributed by atoms with Crippen LogP contribution in [0, 0.1) is 11.6 Å². The molecule has 0 spiro atoms. The molecule has 4 nitrogen and oxygen atoms in total. The molecule has 0 amide bonds. The molecule has 1 aromatic heterocycles. The van der Waals surface area contributed by atoms with Crippen LogP contribution < -0.4 is 10.6 Å². The predicted molar refractivity (Wildman–Crippen MR) is 114 cm³/mol. The van der Waals surface area contributed by atoms with Crippen molar-refractivity contribution in [3.05, 3.63) is 51.5 Å². The molecule has 0 bridgehead atoms. The van der Waals surface area contributed by atoms with Gasteiger partial charge in [0.1, 0.15) is 16.6 Å². The number of hydrogen-bond acceptors (Lipinski definition) is 3. The van der Waals surface area contributed by atoms with Crippen molar-refractivity contribution < 1.29 is 8.78 Å². The van der Waals surface area contributed by atoms with Crippen LogP contribution in [-0.4, -0.2) is 17.5 Å². The number of benzene rings is 1. The van der Waals surface area contributed by atoms with Gasteiger partial charge in [0.05, 0.1) is 18.8 Å². The summed E-state index contributed by atoms with van der Waals surface area (Å²) in [6, 6.07) is 3.38. The third kappa shape index (κ3) is 6.79. The Morgan fingerprint density at radius 2 is 1.96 bits per heavy atom. The Morgan fingerprint density at radius 3 is 2.58 bits per heavy atom. The average molecular weight is 494 g/mol. The van der Waals surface area contributed by atoms with E-state index in [0.29, 0.717) is 19.0 Å². The zero-order valence-corrected chi connectivity index (χ0v) is 18.5. The predicted octanol–water partition coefficient (Wildman–Crippen LogP) is 4.59. The second-order valence-corrected chi connectivity index (χ2v) is 7.60. The molecule has 2 aromatic rings. The minimum atomic E-state index is -0.470. The summed E-state index contributed by atoms with van der Waals surface area (Å²) in [7, 11) is 0. The van der Waals surface area contributed by atoms with Gasteiger partial charge in [-0.15, -0.1) is 35.3 Å². The molecule has 2 rings (SSSR count). The van der Waals surface area contributed by atoms with Crippen molar-refractivity contribution in [2.75, 3.05) is 6.54 Å². The van der Waals surface area contributed by atoms with Crippen LogP contribution in [-0.2, 0) is 18.5 Å². The van der Waals surface area contributed by atoms with Crippen molar-refractivity contribution in [1.29, 1.82) is 0 Å². The van der Waals surface area contributed by atoms with Crippen molar-refractivity contribution >= 4 is 41.3 Å². The summed E-state index contributed by atoms with van der Waals surface area (Å²) in [4.78, 5) is 8.94. The van der Waals surface area contributed by atoms with Gasteiger partial charge >= 0.3 is 0 Å². The molecular formula is C18H25F2IN4S. The summed E-state index contributed by atoms with van der Waals surface area (Å²) < 4.78 is 26.9. The van der Waals surface area contributed by atoms with Gasteiger partial charge in [-0.05, 0) is 25.1 Å². The molecule has 1 aromatic carbocycles. The van der Waals surface area contributed by atoms with E-state index in [9.17, 15) is 8.78 Å². The summed E-state index contributed by atoms with van der Waals surface area (Å²) in [5.41, 5.74) is 1.29. The second-order valence-electron chi connectivity index (χ2n) is 6.66. The van der Waals surface area contributed by atoms with Crippen molar-refractivity contribution in [3.63, 3.8) is 0 Å². The minimum absolute atomic E-state index is 0. The van der Waals surface area contributed by atoms with Gasteiger partial charge in [0, 0.05) is 22.9 Å². The standard InChI is InChI=1S/C18H24F2N4S.HI/c1-5-21-17(22-9-12-8-13(19)6-7-14(12)20)23-10-16-24-15(11-25-16)18(2,3)4;/h6-8,11H,5,9-10H2,1-4H3,(H2,21,22,23);1H.